The van der Waals surface area contributed by atoms with Crippen LogP contribution >= 0.6 is 15.9 Å². The van der Waals surface area contributed by atoms with E-state index in [1.54, 1.807) is 26.2 Å². The van der Waals surface area contributed by atoms with E-state index in [0.29, 0.717) is 24.4 Å². The van der Waals surface area contributed by atoms with Crippen molar-refractivity contribution < 1.29 is 14.3 Å². The molecule has 6 nitrogen and oxygen atoms in total. The van der Waals surface area contributed by atoms with Gasteiger partial charge in [0.15, 0.2) is 5.78 Å². The predicted molar refractivity (Wildman–Crippen MR) is 168 cm³/mol. The van der Waals surface area contributed by atoms with Gasteiger partial charge in [-0.3, -0.25) is 9.59 Å². The van der Waals surface area contributed by atoms with Gasteiger partial charge in [0.1, 0.15) is 0 Å². The third kappa shape index (κ3) is 6.68. The van der Waals surface area contributed by atoms with Crippen LogP contribution in [0.3, 0.4) is 0 Å². The number of likely N-dealkylation sites (tertiary alicyclic amines) is 1. The molecular weight excluding hydrogens is 578 g/mol. The van der Waals surface area contributed by atoms with Gasteiger partial charge in [-0.05, 0) is 92.9 Å². The molecule has 2 heterocycles. The van der Waals surface area contributed by atoms with Crippen LogP contribution in [0.2, 0.25) is 0 Å². The van der Waals surface area contributed by atoms with Crippen molar-refractivity contribution in [3.8, 4) is 5.88 Å². The lowest BCUT2D eigenvalue weighted by Gasteiger charge is -2.35. The number of aromatic nitrogens is 1. The van der Waals surface area contributed by atoms with E-state index >= 15 is 0 Å². The number of ketones is 1. The molecule has 1 aliphatic heterocycles. The van der Waals surface area contributed by atoms with E-state index in [0.717, 1.165) is 64.0 Å². The van der Waals surface area contributed by atoms with Gasteiger partial charge in [-0.25, -0.2) is 4.98 Å². The van der Waals surface area contributed by atoms with Gasteiger partial charge in [-0.2, -0.15) is 0 Å². The maximum Gasteiger partial charge on any atom is 0.229 e. The second-order valence-electron chi connectivity index (χ2n) is 10.9. The van der Waals surface area contributed by atoms with E-state index in [1.165, 1.54) is 0 Å². The number of hydrogen-bond acceptors (Lipinski definition) is 5. The van der Waals surface area contributed by atoms with Crippen LogP contribution in [0.25, 0.3) is 10.9 Å². The van der Waals surface area contributed by atoms with Gasteiger partial charge in [0.25, 0.3) is 0 Å². The molecule has 0 radical (unpaired) electrons. The number of carbonyl (C=O) groups excluding carboxylic acids is 2. The number of carbonyl (C=O) groups is 2. The highest BCUT2D eigenvalue weighted by molar-refractivity contribution is 9.10. The lowest BCUT2D eigenvalue weighted by molar-refractivity contribution is -0.119. The van der Waals surface area contributed by atoms with Gasteiger partial charge in [0, 0.05) is 39.6 Å². The average molecular weight is 615 g/mol. The van der Waals surface area contributed by atoms with Crippen LogP contribution in [0, 0.1) is 5.92 Å². The minimum absolute atomic E-state index is 0.00411. The normalized spacial score (nSPS) is 15.0. The second kappa shape index (κ2) is 13.0. The molecule has 1 unspecified atom stereocenters. The third-order valence-corrected chi connectivity index (χ3v) is 8.46. The fourth-order valence-corrected chi connectivity index (χ4v) is 5.94. The Bertz CT molecular complexity index is 1520. The molecule has 3 aromatic carbocycles. The van der Waals surface area contributed by atoms with E-state index in [2.05, 4.69) is 33.8 Å². The highest BCUT2D eigenvalue weighted by atomic mass is 79.9. The first-order chi connectivity index (χ1) is 19.8. The Hall–Kier alpha value is -3.55. The largest absolute Gasteiger partial charge is 0.481 e. The van der Waals surface area contributed by atoms with Crippen LogP contribution in [-0.4, -0.2) is 48.3 Å². The molecule has 1 amide bonds. The second-order valence-corrected chi connectivity index (χ2v) is 11.8. The molecule has 7 heteroatoms. The van der Waals surface area contributed by atoms with Crippen molar-refractivity contribution in [1.29, 1.82) is 0 Å². The fourth-order valence-electron chi connectivity index (χ4n) is 5.56. The van der Waals surface area contributed by atoms with E-state index < -0.39 is 6.04 Å². The van der Waals surface area contributed by atoms with Gasteiger partial charge in [0.05, 0.1) is 18.7 Å². The number of hydrogen-bond donors (Lipinski definition) is 0. The van der Waals surface area contributed by atoms with Crippen molar-refractivity contribution in [1.82, 2.24) is 9.88 Å². The van der Waals surface area contributed by atoms with E-state index in [-0.39, 0.29) is 11.7 Å². The number of piperidine rings is 1. The minimum atomic E-state index is -0.501. The molecule has 0 aliphatic carbocycles. The number of benzene rings is 3. The summed E-state index contributed by atoms with van der Waals surface area (Å²) in [7, 11) is 1.61. The number of amides is 1. The van der Waals surface area contributed by atoms with Crippen LogP contribution < -0.4 is 9.64 Å². The van der Waals surface area contributed by atoms with Gasteiger partial charge in [-0.1, -0.05) is 53.2 Å². The summed E-state index contributed by atoms with van der Waals surface area (Å²) in [4.78, 5) is 35.5. The topological polar surface area (TPSA) is 62.7 Å². The zero-order valence-electron chi connectivity index (χ0n) is 23.8. The summed E-state index contributed by atoms with van der Waals surface area (Å²) in [5, 5.41) is 0.942. The zero-order chi connectivity index (χ0) is 28.9. The molecule has 1 aliphatic rings. The van der Waals surface area contributed by atoms with Crippen LogP contribution in [0.15, 0.2) is 83.3 Å². The van der Waals surface area contributed by atoms with E-state index in [4.69, 9.17) is 9.72 Å². The molecule has 4 aromatic rings. The number of halogens is 1. The van der Waals surface area contributed by atoms with Crippen molar-refractivity contribution in [2.45, 2.75) is 39.2 Å². The summed E-state index contributed by atoms with van der Waals surface area (Å²) < 4.78 is 6.80. The van der Waals surface area contributed by atoms with Crippen LogP contribution in [-0.2, 0) is 4.79 Å². The Morgan fingerprint density at radius 1 is 1.02 bits per heavy atom. The van der Waals surface area contributed by atoms with Gasteiger partial charge in [-0.15, -0.1) is 0 Å². The minimum Gasteiger partial charge on any atom is -0.481 e. The standard InChI is InChI=1S/C34H36BrN3O3/c1-23-15-18-37(19-16-23)20-17-32(40)38(29-12-9-25(10-13-29)24(2)39)33(26-7-5-4-6-8-26)30-22-27-21-28(35)11-14-31(27)36-34(30)41-3/h4-14,21-23,33H,15-20H2,1-3H3. The number of nitrogens with zero attached hydrogens (tertiary/aromatic N) is 3. The molecule has 0 spiro atoms. The number of fused-ring (bicyclic) bond motifs is 1. The van der Waals surface area contributed by atoms with E-state index in [9.17, 15) is 9.59 Å². The number of anilines is 1. The number of Topliss-reactive ketones (excluding diaryl/α,β-unsaturated/α-hetero) is 1. The van der Waals surface area contributed by atoms with Gasteiger partial charge in [0.2, 0.25) is 11.8 Å². The molecule has 1 fully saturated rings. The number of pyridine rings is 1. The molecule has 1 atom stereocenters. The van der Waals surface area contributed by atoms with Crippen LogP contribution in [0.4, 0.5) is 5.69 Å². The Balaban J connectivity index is 1.63. The predicted octanol–water partition coefficient (Wildman–Crippen LogP) is 7.45. The summed E-state index contributed by atoms with van der Waals surface area (Å²) in [6, 6.07) is 24.8. The molecular formula is C34H36BrN3O3. The van der Waals surface area contributed by atoms with Crippen molar-refractivity contribution in [2.24, 2.45) is 5.92 Å². The number of methoxy groups -OCH3 is 1. The first-order valence-electron chi connectivity index (χ1n) is 14.2. The highest BCUT2D eigenvalue weighted by Crippen LogP contribution is 2.39. The molecule has 41 heavy (non-hydrogen) atoms. The monoisotopic (exact) mass is 613 g/mol. The first kappa shape index (κ1) is 29.0. The molecule has 0 N–H and O–H groups in total. The van der Waals surface area contributed by atoms with Crippen molar-refractivity contribution >= 4 is 44.2 Å². The lowest BCUT2D eigenvalue weighted by Crippen LogP contribution is -2.40. The Morgan fingerprint density at radius 2 is 1.73 bits per heavy atom. The molecule has 0 saturated carbocycles. The van der Waals surface area contributed by atoms with Crippen LogP contribution in [0.5, 0.6) is 5.88 Å². The summed E-state index contributed by atoms with van der Waals surface area (Å²) >= 11 is 3.59. The van der Waals surface area contributed by atoms with Crippen molar-refractivity contribution in [3.63, 3.8) is 0 Å². The fraction of sp³-hybridized carbons (Fsp3) is 0.324. The number of rotatable bonds is 9. The maximum atomic E-state index is 14.3. The van der Waals surface area contributed by atoms with Crippen molar-refractivity contribution in [3.05, 3.63) is 100 Å². The summed E-state index contributed by atoms with van der Waals surface area (Å²) in [5.41, 5.74) is 3.87. The smallest absolute Gasteiger partial charge is 0.229 e. The highest BCUT2D eigenvalue weighted by Gasteiger charge is 2.32. The molecule has 5 rings (SSSR count). The maximum absolute atomic E-state index is 14.3. The van der Waals surface area contributed by atoms with E-state index in [1.807, 2.05) is 65.6 Å². The molecule has 0 bridgehead atoms. The average Bonchev–Trinajstić information content (AvgIpc) is 2.99. The van der Waals surface area contributed by atoms with Crippen LogP contribution in [0.1, 0.15) is 60.6 Å². The van der Waals surface area contributed by atoms with Crippen molar-refractivity contribution in [2.75, 3.05) is 31.6 Å². The molecule has 212 valence electrons. The van der Waals surface area contributed by atoms with Gasteiger partial charge >= 0.3 is 0 Å². The zero-order valence-corrected chi connectivity index (χ0v) is 25.4. The van der Waals surface area contributed by atoms with Gasteiger partial charge < -0.3 is 14.5 Å². The quantitative estimate of drug-likeness (QED) is 0.183. The number of ether oxygens (including phenoxy) is 1. The summed E-state index contributed by atoms with van der Waals surface area (Å²) in [6.45, 7) is 6.58. The molecule has 1 aromatic heterocycles. The Morgan fingerprint density at radius 3 is 2.39 bits per heavy atom. The Labute approximate surface area is 250 Å². The summed E-state index contributed by atoms with van der Waals surface area (Å²) in [6.07, 6.45) is 2.69. The summed E-state index contributed by atoms with van der Waals surface area (Å²) in [5.74, 6) is 1.19. The third-order valence-electron chi connectivity index (χ3n) is 7.97. The lowest BCUT2D eigenvalue weighted by atomic mass is 9.95. The SMILES string of the molecule is COc1nc2ccc(Br)cc2cc1C(c1ccccc1)N(C(=O)CCN1CCC(C)CC1)c1ccc(C(C)=O)cc1. The molecule has 1 saturated heterocycles. The Kier molecular flexibility index (Phi) is 9.15. The first-order valence-corrected chi connectivity index (χ1v) is 15.0.